The predicted molar refractivity (Wildman–Crippen MR) is 460 cm³/mol. The number of sulfone groups is 1. The first-order valence-electron chi connectivity index (χ1n) is 38.7. The summed E-state index contributed by atoms with van der Waals surface area (Å²) in [5.41, 5.74) is 6.77. The van der Waals surface area contributed by atoms with Gasteiger partial charge in [-0.3, -0.25) is 63.1 Å². The Morgan fingerprint density at radius 2 is 0.975 bits per heavy atom. The fourth-order valence-electron chi connectivity index (χ4n) is 10.9. The molecule has 3 aliphatic rings. The number of nitrogens with zero attached hydrogens (tertiary/aromatic N) is 3. The molecule has 0 bridgehead atoms. The molecule has 1 fully saturated rings. The molecule has 1 saturated heterocycles. The van der Waals surface area contributed by atoms with Crippen LogP contribution in [0.15, 0.2) is 227 Å². The highest BCUT2D eigenvalue weighted by Gasteiger charge is 2.37. The number of fused-ring (bicyclic) bond motifs is 3. The van der Waals surface area contributed by atoms with Crippen molar-refractivity contribution in [2.45, 2.75) is 157 Å². The summed E-state index contributed by atoms with van der Waals surface area (Å²) in [6.45, 7) is 29.4. The predicted octanol–water partition coefficient (Wildman–Crippen LogP) is 16.7. The number of pyridine rings is 2. The van der Waals surface area contributed by atoms with Crippen LogP contribution in [0.3, 0.4) is 0 Å². The van der Waals surface area contributed by atoms with Gasteiger partial charge in [0.25, 0.3) is 17.7 Å². The van der Waals surface area contributed by atoms with E-state index in [2.05, 4.69) is 60.8 Å². The summed E-state index contributed by atoms with van der Waals surface area (Å²) in [7, 11) is -6.75. The van der Waals surface area contributed by atoms with E-state index in [9.17, 15) is 69.6 Å². The number of rotatable bonds is 23. The molecule has 2 aromatic heterocycles. The second-order valence-electron chi connectivity index (χ2n) is 30.2. The highest BCUT2D eigenvalue weighted by molar-refractivity contribution is 9.10. The zero-order valence-electron chi connectivity index (χ0n) is 69.6. The number of carbonyl (C=O) groups is 11. The number of imide groups is 2. The van der Waals surface area contributed by atoms with E-state index in [1.807, 2.05) is 140 Å². The number of Topliss-reactive ketones (excluding diaryl/α,β-unsaturated/α-hetero) is 7. The molecule has 0 radical (unpaired) electrons. The molecule has 0 saturated carbocycles. The molecule has 626 valence electrons. The molecule has 7 aromatic carbocycles. The van der Waals surface area contributed by atoms with Gasteiger partial charge >= 0.3 is 6.03 Å². The number of benzene rings is 7. The number of ether oxygens (including phenoxy) is 2. The standard InChI is InChI=1S/C18H20O.C13H13NO3.C13H13NO.C12H14O3.C10H13NO3S.C9H10BrNO.C9H12O2S.C8H12N2O3/c1-14(2)18(19)13-17(15-9-5-3-6-10-15)16-11-7-4-8-12-16;1-8(2)11(15)7-14-12(16)9-5-3-4-6-10(9)13(14)17;1-9(2)13(15)12-8-7-10-5-3-4-6-11(10)14-12;1-8(2)10(13)5-9-3-4-11-12(6-9)15-7-14-11;1-7(2)10(12)8-3-5-9(6-4-8)15(11,13)14;1-6(2)9(12)7-3-8(10)5-11-4-7;1-8(2)12(10,11)9-6-4-3-5-7-9;1-4(2)6(11)3-5-7(12)10-8(13)9-5/h3-12,14,17H,13H2,1-2H3;3-6,8H,7H2,1-2H3;3-9H,1-2H3;3-4,6,8H,5,7H2,1-2H3;3-7H,1-2H3,(H2,11,13,14);3-6H,1-2H3;3-8H,1-2H3;4-5H,3H2,1-2H3,(H2,9,10,12,13). The second-order valence-corrected chi connectivity index (χ2v) is 35.2. The van der Waals surface area contributed by atoms with Crippen molar-refractivity contribution in [3.8, 4) is 11.5 Å². The van der Waals surface area contributed by atoms with E-state index in [1.165, 1.54) is 35.4 Å². The van der Waals surface area contributed by atoms with E-state index in [-0.39, 0.29) is 124 Å². The van der Waals surface area contributed by atoms with Crippen LogP contribution >= 0.6 is 15.9 Å². The van der Waals surface area contributed by atoms with E-state index in [0.717, 1.165) is 37.3 Å². The van der Waals surface area contributed by atoms with Gasteiger partial charge in [-0.1, -0.05) is 230 Å². The average molecular weight is 1710 g/mol. The molecular formula is C92H107BrN6O17S2. The number of nitrogens with one attached hydrogen (secondary N) is 2. The quantitative estimate of drug-likeness (QED) is 0.0304. The van der Waals surface area contributed by atoms with Crippen molar-refractivity contribution in [3.05, 3.63) is 262 Å². The smallest absolute Gasteiger partial charge is 0.322 e. The lowest BCUT2D eigenvalue weighted by molar-refractivity contribution is -0.126. The number of hydrogen-bond donors (Lipinski definition) is 3. The van der Waals surface area contributed by atoms with E-state index in [0.29, 0.717) is 51.5 Å². The summed E-state index contributed by atoms with van der Waals surface area (Å²) in [5.74, 6) is 0.935. The van der Waals surface area contributed by atoms with Crippen molar-refractivity contribution >= 4 is 111 Å². The lowest BCUT2D eigenvalue weighted by Gasteiger charge is -2.18. The van der Waals surface area contributed by atoms with E-state index >= 15 is 0 Å². The summed E-state index contributed by atoms with van der Waals surface area (Å²) in [6, 6.07) is 59.1. The van der Waals surface area contributed by atoms with Gasteiger partial charge in [-0.05, 0) is 113 Å². The molecule has 0 spiro atoms. The minimum Gasteiger partial charge on any atom is -0.454 e. The van der Waals surface area contributed by atoms with Gasteiger partial charge in [-0.25, -0.2) is 31.8 Å². The number of aromatic nitrogens is 2. The van der Waals surface area contributed by atoms with Gasteiger partial charge < -0.3 is 14.8 Å². The maximum atomic E-state index is 12.1. The number of nitrogens with two attached hydrogens (primary N) is 1. The average Bonchev–Trinajstić information content (AvgIpc) is 1.63. The Morgan fingerprint density at radius 1 is 0.492 bits per heavy atom. The van der Waals surface area contributed by atoms with Crippen LogP contribution in [0.1, 0.15) is 198 Å². The van der Waals surface area contributed by atoms with E-state index in [1.54, 1.807) is 135 Å². The summed E-state index contributed by atoms with van der Waals surface area (Å²) in [4.78, 5) is 136. The molecule has 3 aliphatic heterocycles. The van der Waals surface area contributed by atoms with Gasteiger partial charge in [0.2, 0.25) is 16.8 Å². The van der Waals surface area contributed by atoms with Crippen LogP contribution in [0.25, 0.3) is 10.9 Å². The van der Waals surface area contributed by atoms with E-state index < -0.39 is 37.8 Å². The van der Waals surface area contributed by atoms with Crippen LogP contribution in [0.4, 0.5) is 4.79 Å². The molecule has 23 nitrogen and oxygen atoms in total. The number of amides is 5. The zero-order valence-corrected chi connectivity index (χ0v) is 72.8. The Balaban J connectivity index is 0.000000241. The number of ketones is 7. The summed E-state index contributed by atoms with van der Waals surface area (Å²) in [6.07, 6.45) is 4.37. The fourth-order valence-corrected chi connectivity index (χ4v) is 12.8. The zero-order chi connectivity index (χ0) is 87.9. The Labute approximate surface area is 701 Å². The summed E-state index contributed by atoms with van der Waals surface area (Å²) in [5, 5.41) is 10.1. The minimum absolute atomic E-state index is 0.00124. The van der Waals surface area contributed by atoms with Crippen molar-refractivity contribution in [2.24, 2.45) is 46.6 Å². The minimum atomic E-state index is -3.68. The van der Waals surface area contributed by atoms with Gasteiger partial charge in [0.05, 0.1) is 38.2 Å². The highest BCUT2D eigenvalue weighted by atomic mass is 79.9. The summed E-state index contributed by atoms with van der Waals surface area (Å²) < 4.78 is 56.2. The monoisotopic (exact) mass is 1710 g/mol. The normalized spacial score (nSPS) is 13.0. The van der Waals surface area contributed by atoms with Gasteiger partial charge in [-0.15, -0.1) is 0 Å². The number of sulfonamides is 1. The van der Waals surface area contributed by atoms with Gasteiger partial charge in [0.15, 0.2) is 44.5 Å². The first-order valence-corrected chi connectivity index (χ1v) is 42.6. The third-order valence-corrected chi connectivity index (χ3v) is 21.8. The van der Waals surface area contributed by atoms with Crippen molar-refractivity contribution < 1.29 is 79.0 Å². The third-order valence-electron chi connectivity index (χ3n) is 18.2. The largest absolute Gasteiger partial charge is 0.454 e. The van der Waals surface area contributed by atoms with Crippen LogP contribution in [-0.2, 0) is 50.3 Å². The first-order chi connectivity index (χ1) is 55.5. The molecule has 26 heteroatoms. The van der Waals surface area contributed by atoms with Crippen LogP contribution < -0.4 is 25.2 Å². The van der Waals surface area contributed by atoms with Crippen molar-refractivity contribution in [1.82, 2.24) is 25.5 Å². The number of primary sulfonamides is 1. The lowest BCUT2D eigenvalue weighted by Crippen LogP contribution is -2.36. The summed E-state index contributed by atoms with van der Waals surface area (Å²) >= 11 is 3.26. The van der Waals surface area contributed by atoms with Crippen LogP contribution in [0, 0.1) is 41.4 Å². The Kier molecular flexibility index (Phi) is 38.5. The molecule has 118 heavy (non-hydrogen) atoms. The van der Waals surface area contributed by atoms with Gasteiger partial charge in [-0.2, -0.15) is 0 Å². The lowest BCUT2D eigenvalue weighted by atomic mass is 9.85. The number of halogens is 1. The SMILES string of the molecule is CC(C)C(=O)CC(c1ccccc1)c1ccccc1.CC(C)C(=O)CC1NC(=O)NC1=O.CC(C)C(=O)CN1C(=O)c2ccccc2C1=O.CC(C)C(=O)Cc1ccc2c(c1)OCO2.CC(C)C(=O)c1ccc(S(N)(=O)=O)cc1.CC(C)C(=O)c1ccc2ccccc2n1.CC(C)C(=O)c1cncc(Br)c1.CC(C)S(=O)(=O)c1ccccc1. The highest BCUT2D eigenvalue weighted by Crippen LogP contribution is 2.34. The molecule has 0 aliphatic carbocycles. The Morgan fingerprint density at radius 3 is 1.45 bits per heavy atom. The number of carbonyl (C=O) groups excluding carboxylic acids is 11. The first kappa shape index (κ1) is 97.4. The van der Waals surface area contributed by atoms with Crippen molar-refractivity contribution in [3.63, 3.8) is 0 Å². The molecule has 9 aromatic rings. The topological polar surface area (TPSA) is 354 Å². The maximum absolute atomic E-state index is 12.1. The molecule has 1 atom stereocenters. The maximum Gasteiger partial charge on any atom is 0.322 e. The van der Waals surface area contributed by atoms with Crippen molar-refractivity contribution in [1.29, 1.82) is 0 Å². The van der Waals surface area contributed by atoms with Crippen LogP contribution in [0.2, 0.25) is 0 Å². The Hall–Kier alpha value is -11.2. The number of hydrogen-bond acceptors (Lipinski definition) is 19. The molecule has 5 heterocycles. The molecule has 12 rings (SSSR count). The van der Waals surface area contributed by atoms with Gasteiger partial charge in [0.1, 0.15) is 29.1 Å². The molecular weight excluding hydrogens is 1610 g/mol. The van der Waals surface area contributed by atoms with Crippen LogP contribution in [0.5, 0.6) is 11.5 Å². The molecule has 5 amide bonds. The van der Waals surface area contributed by atoms with E-state index in [4.69, 9.17) is 14.6 Å². The van der Waals surface area contributed by atoms with Gasteiger partial charge in [0, 0.05) is 100.0 Å². The Bertz CT molecular complexity index is 5120. The number of urea groups is 1. The third kappa shape index (κ3) is 30.4. The second kappa shape index (κ2) is 46.7. The molecule has 4 N–H and O–H groups in total. The van der Waals surface area contributed by atoms with Crippen molar-refractivity contribution in [2.75, 3.05) is 13.3 Å². The fraction of sp³-hybridized carbons (Fsp3) is 0.337. The van der Waals surface area contributed by atoms with Crippen LogP contribution in [-0.4, -0.2) is 121 Å². The molecule has 1 unspecified atom stereocenters. The number of para-hydroxylation sites is 1.